The van der Waals surface area contributed by atoms with Gasteiger partial charge in [-0.05, 0) is 13.0 Å². The van der Waals surface area contributed by atoms with Gasteiger partial charge in [0.1, 0.15) is 0 Å². The fourth-order valence-corrected chi connectivity index (χ4v) is 3.49. The minimum Gasteiger partial charge on any atom is -0.450 e. The molecule has 2 fully saturated rings. The lowest BCUT2D eigenvalue weighted by Gasteiger charge is -2.36. The minimum atomic E-state index is -0.331. The van der Waals surface area contributed by atoms with Crippen molar-refractivity contribution in [2.45, 2.75) is 13.8 Å². The summed E-state index contributed by atoms with van der Waals surface area (Å²) in [6.07, 6.45) is 3.00. The Morgan fingerprint density at radius 1 is 0.929 bits per heavy atom. The molecule has 0 unspecified atom stereocenters. The van der Waals surface area contributed by atoms with Gasteiger partial charge < -0.3 is 24.3 Å². The third kappa shape index (κ3) is 4.52. The van der Waals surface area contributed by atoms with Crippen molar-refractivity contribution in [3.8, 4) is 0 Å². The summed E-state index contributed by atoms with van der Waals surface area (Å²) in [5.74, 6) is 0.00361. The van der Waals surface area contributed by atoms with Crippen LogP contribution in [0.5, 0.6) is 0 Å². The lowest BCUT2D eigenvalue weighted by Crippen LogP contribution is -2.50. The summed E-state index contributed by atoms with van der Waals surface area (Å²) in [5.41, 5.74) is 1.43. The SMILES string of the molecule is CCOC(=O)N1CCN(C(=O)c2cncc(N3CCN(C(C)=O)CC3)c2)CC1. The smallest absolute Gasteiger partial charge is 0.409 e. The number of nitrogens with zero attached hydrogens (tertiary/aromatic N) is 5. The Morgan fingerprint density at radius 3 is 2.14 bits per heavy atom. The lowest BCUT2D eigenvalue weighted by molar-refractivity contribution is -0.129. The van der Waals surface area contributed by atoms with Crippen molar-refractivity contribution in [3.05, 3.63) is 24.0 Å². The first kappa shape index (κ1) is 19.9. The first-order chi connectivity index (χ1) is 13.5. The lowest BCUT2D eigenvalue weighted by atomic mass is 10.2. The van der Waals surface area contributed by atoms with E-state index in [4.69, 9.17) is 4.74 Å². The Hall–Kier alpha value is -2.84. The highest BCUT2D eigenvalue weighted by Crippen LogP contribution is 2.18. The van der Waals surface area contributed by atoms with E-state index in [9.17, 15) is 14.4 Å². The monoisotopic (exact) mass is 389 g/mol. The second-order valence-corrected chi connectivity index (χ2v) is 6.90. The molecule has 0 N–H and O–H groups in total. The van der Waals surface area contributed by atoms with Crippen LogP contribution in [0.4, 0.5) is 10.5 Å². The zero-order valence-electron chi connectivity index (χ0n) is 16.5. The first-order valence-electron chi connectivity index (χ1n) is 9.66. The normalized spacial score (nSPS) is 17.5. The van der Waals surface area contributed by atoms with E-state index in [-0.39, 0.29) is 17.9 Å². The van der Waals surface area contributed by atoms with E-state index in [0.717, 1.165) is 18.8 Å². The number of anilines is 1. The predicted octanol–water partition coefficient (Wildman–Crippen LogP) is 0.664. The van der Waals surface area contributed by atoms with Crippen LogP contribution in [0.3, 0.4) is 0 Å². The Bertz CT molecular complexity index is 725. The number of hydrogen-bond acceptors (Lipinski definition) is 6. The number of pyridine rings is 1. The molecular weight excluding hydrogens is 362 g/mol. The van der Waals surface area contributed by atoms with Crippen LogP contribution >= 0.6 is 0 Å². The van der Waals surface area contributed by atoms with E-state index >= 15 is 0 Å². The number of carbonyl (C=O) groups is 3. The van der Waals surface area contributed by atoms with Crippen LogP contribution in [0.15, 0.2) is 18.5 Å². The Morgan fingerprint density at radius 2 is 1.54 bits per heavy atom. The molecule has 0 aliphatic carbocycles. The van der Waals surface area contributed by atoms with Gasteiger partial charge in [0.2, 0.25) is 5.91 Å². The van der Waals surface area contributed by atoms with Crippen molar-refractivity contribution in [1.29, 1.82) is 0 Å². The molecule has 0 aromatic carbocycles. The standard InChI is InChI=1S/C19H27N5O4/c1-3-28-19(27)24-10-8-23(9-11-24)18(26)16-12-17(14-20-13-16)22-6-4-21(5-7-22)15(2)25/h12-14H,3-11H2,1-2H3. The molecule has 1 aromatic heterocycles. The Balaban J connectivity index is 1.59. The molecular formula is C19H27N5O4. The van der Waals surface area contributed by atoms with E-state index in [2.05, 4.69) is 9.88 Å². The summed E-state index contributed by atoms with van der Waals surface area (Å²) in [4.78, 5) is 47.7. The van der Waals surface area contributed by atoms with Crippen molar-refractivity contribution < 1.29 is 19.1 Å². The molecule has 0 spiro atoms. The molecule has 9 heteroatoms. The third-order valence-electron chi connectivity index (χ3n) is 5.15. The van der Waals surface area contributed by atoms with Crippen molar-refractivity contribution in [2.24, 2.45) is 0 Å². The maximum atomic E-state index is 12.9. The van der Waals surface area contributed by atoms with Crippen LogP contribution in [0.2, 0.25) is 0 Å². The van der Waals surface area contributed by atoms with E-state index in [1.54, 1.807) is 36.0 Å². The molecule has 1 aromatic rings. The number of piperazine rings is 2. The Labute approximate surface area is 164 Å². The molecule has 9 nitrogen and oxygen atoms in total. The van der Waals surface area contributed by atoms with E-state index < -0.39 is 0 Å². The second-order valence-electron chi connectivity index (χ2n) is 6.90. The summed E-state index contributed by atoms with van der Waals surface area (Å²) in [5, 5.41) is 0. The molecule has 2 aliphatic heterocycles. The quantitative estimate of drug-likeness (QED) is 0.755. The van der Waals surface area contributed by atoms with E-state index in [0.29, 0.717) is 51.4 Å². The van der Waals surface area contributed by atoms with Crippen LogP contribution < -0.4 is 4.90 Å². The summed E-state index contributed by atoms with van der Waals surface area (Å²) >= 11 is 0. The maximum absolute atomic E-state index is 12.9. The predicted molar refractivity (Wildman–Crippen MR) is 103 cm³/mol. The van der Waals surface area contributed by atoms with Crippen LogP contribution in [0.1, 0.15) is 24.2 Å². The first-order valence-corrected chi connectivity index (χ1v) is 9.66. The summed E-state index contributed by atoms with van der Waals surface area (Å²) in [6, 6.07) is 1.86. The third-order valence-corrected chi connectivity index (χ3v) is 5.15. The molecule has 2 saturated heterocycles. The van der Waals surface area contributed by atoms with Crippen molar-refractivity contribution in [2.75, 3.05) is 63.9 Å². The molecule has 0 radical (unpaired) electrons. The molecule has 28 heavy (non-hydrogen) atoms. The molecule has 2 aliphatic rings. The average Bonchev–Trinajstić information content (AvgIpc) is 2.73. The largest absolute Gasteiger partial charge is 0.450 e. The zero-order valence-corrected chi connectivity index (χ0v) is 16.5. The minimum absolute atomic E-state index is 0.0831. The van der Waals surface area contributed by atoms with Gasteiger partial charge in [0, 0.05) is 65.5 Å². The van der Waals surface area contributed by atoms with E-state index in [1.165, 1.54) is 0 Å². The highest BCUT2D eigenvalue weighted by molar-refractivity contribution is 5.95. The highest BCUT2D eigenvalue weighted by Gasteiger charge is 2.26. The van der Waals surface area contributed by atoms with Gasteiger partial charge in [-0.1, -0.05) is 0 Å². The van der Waals surface area contributed by atoms with Crippen LogP contribution in [0, 0.1) is 0 Å². The van der Waals surface area contributed by atoms with Gasteiger partial charge in [-0.2, -0.15) is 0 Å². The molecule has 152 valence electrons. The number of amides is 3. The van der Waals surface area contributed by atoms with Crippen molar-refractivity contribution in [3.63, 3.8) is 0 Å². The number of ether oxygens (including phenoxy) is 1. The number of aromatic nitrogens is 1. The van der Waals surface area contributed by atoms with Crippen molar-refractivity contribution >= 4 is 23.6 Å². The van der Waals surface area contributed by atoms with Gasteiger partial charge in [0.15, 0.2) is 0 Å². The fraction of sp³-hybridized carbons (Fsp3) is 0.579. The molecule has 3 heterocycles. The summed E-state index contributed by atoms with van der Waals surface area (Å²) in [7, 11) is 0. The topological polar surface area (TPSA) is 86.3 Å². The van der Waals surface area contributed by atoms with Gasteiger partial charge >= 0.3 is 6.09 Å². The van der Waals surface area contributed by atoms with Gasteiger partial charge in [0.25, 0.3) is 5.91 Å². The Kier molecular flexibility index (Phi) is 6.33. The van der Waals surface area contributed by atoms with Gasteiger partial charge in [-0.3, -0.25) is 14.6 Å². The number of carbonyl (C=O) groups excluding carboxylic acids is 3. The van der Waals surface area contributed by atoms with Crippen LogP contribution in [0.25, 0.3) is 0 Å². The maximum Gasteiger partial charge on any atom is 0.409 e. The molecule has 3 rings (SSSR count). The van der Waals surface area contributed by atoms with Crippen LogP contribution in [-0.2, 0) is 9.53 Å². The van der Waals surface area contributed by atoms with Gasteiger partial charge in [-0.25, -0.2) is 4.79 Å². The molecule has 3 amide bonds. The number of rotatable bonds is 3. The second kappa shape index (κ2) is 8.90. The zero-order chi connectivity index (χ0) is 20.1. The fourth-order valence-electron chi connectivity index (χ4n) is 3.49. The molecule has 0 atom stereocenters. The molecule has 0 saturated carbocycles. The highest BCUT2D eigenvalue weighted by atomic mass is 16.6. The summed E-state index contributed by atoms with van der Waals surface area (Å²) < 4.78 is 5.01. The average molecular weight is 389 g/mol. The summed E-state index contributed by atoms with van der Waals surface area (Å²) in [6.45, 7) is 8.35. The van der Waals surface area contributed by atoms with E-state index in [1.807, 2.05) is 11.0 Å². The van der Waals surface area contributed by atoms with Gasteiger partial charge in [0.05, 0.1) is 24.1 Å². The van der Waals surface area contributed by atoms with Crippen LogP contribution in [-0.4, -0.2) is 96.6 Å². The number of hydrogen-bond donors (Lipinski definition) is 0. The van der Waals surface area contributed by atoms with Crippen molar-refractivity contribution in [1.82, 2.24) is 19.7 Å². The van der Waals surface area contributed by atoms with Gasteiger partial charge in [-0.15, -0.1) is 0 Å². The molecule has 0 bridgehead atoms.